The highest BCUT2D eigenvalue weighted by Gasteiger charge is 2.16. The van der Waals surface area contributed by atoms with Crippen LogP contribution in [0, 0.1) is 17.5 Å². The molecule has 0 saturated heterocycles. The largest absolute Gasteiger partial charge is 0.313 e. The van der Waals surface area contributed by atoms with Gasteiger partial charge in [0.2, 0.25) is 0 Å². The lowest BCUT2D eigenvalue weighted by Gasteiger charge is -2.18. The van der Waals surface area contributed by atoms with Gasteiger partial charge < -0.3 is 5.32 Å². The zero-order chi connectivity index (χ0) is 14.7. The van der Waals surface area contributed by atoms with Crippen LogP contribution in [0.3, 0.4) is 0 Å². The first kappa shape index (κ1) is 15.1. The molecule has 2 aromatic carbocycles. The second-order valence-electron chi connectivity index (χ2n) is 4.45. The fraction of sp³-hybridized carbons (Fsp3) is 0.200. The molecule has 0 spiro atoms. The Morgan fingerprint density at radius 3 is 2.35 bits per heavy atom. The molecule has 1 nitrogen and oxygen atoms in total. The molecule has 5 heteroatoms. The Bertz CT molecular complexity index is 616. The summed E-state index contributed by atoms with van der Waals surface area (Å²) in [6.45, 7) is 0. The van der Waals surface area contributed by atoms with Crippen LogP contribution in [-0.4, -0.2) is 7.05 Å². The summed E-state index contributed by atoms with van der Waals surface area (Å²) in [7, 11) is 1.72. The van der Waals surface area contributed by atoms with Gasteiger partial charge in [0.25, 0.3) is 0 Å². The van der Waals surface area contributed by atoms with Crippen LogP contribution in [0.25, 0.3) is 0 Å². The Labute approximate surface area is 123 Å². The van der Waals surface area contributed by atoms with E-state index in [1.807, 2.05) is 0 Å². The van der Waals surface area contributed by atoms with Gasteiger partial charge in [-0.25, -0.2) is 13.2 Å². The number of rotatable bonds is 4. The number of hydrogen-bond donors (Lipinski definition) is 1. The Hall–Kier alpha value is -1.33. The molecule has 0 saturated carbocycles. The van der Waals surface area contributed by atoms with Gasteiger partial charge in [0, 0.05) is 10.5 Å². The van der Waals surface area contributed by atoms with Crippen molar-refractivity contribution in [3.63, 3.8) is 0 Å². The third kappa shape index (κ3) is 3.41. The lowest BCUT2D eigenvalue weighted by atomic mass is 9.98. The van der Waals surface area contributed by atoms with E-state index >= 15 is 0 Å². The van der Waals surface area contributed by atoms with Crippen LogP contribution in [0.4, 0.5) is 13.2 Å². The summed E-state index contributed by atoms with van der Waals surface area (Å²) >= 11 is 3.29. The van der Waals surface area contributed by atoms with E-state index in [0.717, 1.165) is 17.7 Å². The predicted octanol–water partition coefficient (Wildman–Crippen LogP) is 4.37. The first-order valence-electron chi connectivity index (χ1n) is 6.07. The van der Waals surface area contributed by atoms with E-state index in [4.69, 9.17) is 0 Å². The minimum Gasteiger partial charge on any atom is -0.313 e. The van der Waals surface area contributed by atoms with Crippen molar-refractivity contribution in [3.05, 3.63) is 69.4 Å². The average Bonchev–Trinajstić information content (AvgIpc) is 2.40. The molecule has 0 fully saturated rings. The van der Waals surface area contributed by atoms with Crippen molar-refractivity contribution in [2.75, 3.05) is 7.05 Å². The minimum atomic E-state index is -0.477. The normalized spacial score (nSPS) is 12.4. The van der Waals surface area contributed by atoms with Gasteiger partial charge in [-0.1, -0.05) is 22.0 Å². The van der Waals surface area contributed by atoms with Gasteiger partial charge in [-0.05, 0) is 54.9 Å². The van der Waals surface area contributed by atoms with Crippen molar-refractivity contribution in [3.8, 4) is 0 Å². The molecule has 2 rings (SSSR count). The third-order valence-corrected chi connectivity index (χ3v) is 3.80. The molecule has 1 N–H and O–H groups in total. The molecule has 20 heavy (non-hydrogen) atoms. The van der Waals surface area contributed by atoms with Gasteiger partial charge in [0.1, 0.15) is 17.5 Å². The molecule has 0 aliphatic heterocycles. The highest BCUT2D eigenvalue weighted by atomic mass is 79.9. The van der Waals surface area contributed by atoms with Crippen molar-refractivity contribution in [1.82, 2.24) is 5.32 Å². The monoisotopic (exact) mass is 343 g/mol. The topological polar surface area (TPSA) is 12.0 Å². The number of benzene rings is 2. The Morgan fingerprint density at radius 2 is 1.70 bits per heavy atom. The molecule has 1 unspecified atom stereocenters. The van der Waals surface area contributed by atoms with Crippen molar-refractivity contribution >= 4 is 15.9 Å². The maximum atomic E-state index is 13.7. The maximum Gasteiger partial charge on any atom is 0.126 e. The summed E-state index contributed by atoms with van der Waals surface area (Å²) in [5.41, 5.74) is 1.07. The highest BCUT2D eigenvalue weighted by molar-refractivity contribution is 9.10. The molecule has 0 radical (unpaired) electrons. The Morgan fingerprint density at radius 1 is 1.05 bits per heavy atom. The van der Waals surface area contributed by atoms with Gasteiger partial charge in [-0.3, -0.25) is 0 Å². The standard InChI is InChI=1S/C15H13BrF3N/c1-20-15(12-4-2-11(18)8-13(12)16)7-9-6-10(17)3-5-14(9)19/h2-6,8,15,20H,7H2,1H3. The van der Waals surface area contributed by atoms with Crippen LogP contribution >= 0.6 is 15.9 Å². The van der Waals surface area contributed by atoms with Crippen LogP contribution in [0.15, 0.2) is 40.9 Å². The molecule has 0 aliphatic carbocycles. The Balaban J connectivity index is 2.31. The highest BCUT2D eigenvalue weighted by Crippen LogP contribution is 2.27. The molecular weight excluding hydrogens is 331 g/mol. The number of hydrogen-bond acceptors (Lipinski definition) is 1. The first-order valence-corrected chi connectivity index (χ1v) is 6.86. The zero-order valence-corrected chi connectivity index (χ0v) is 12.3. The molecule has 0 bridgehead atoms. The Kier molecular flexibility index (Phi) is 4.83. The van der Waals surface area contributed by atoms with Crippen molar-refractivity contribution in [2.45, 2.75) is 12.5 Å². The van der Waals surface area contributed by atoms with Crippen LogP contribution in [0.2, 0.25) is 0 Å². The number of nitrogens with one attached hydrogen (secondary N) is 1. The summed E-state index contributed by atoms with van der Waals surface area (Å²) in [4.78, 5) is 0. The summed E-state index contributed by atoms with van der Waals surface area (Å²) in [6, 6.07) is 7.43. The summed E-state index contributed by atoms with van der Waals surface area (Å²) < 4.78 is 40.6. The molecule has 0 amide bonds. The predicted molar refractivity (Wildman–Crippen MR) is 76.0 cm³/mol. The zero-order valence-electron chi connectivity index (χ0n) is 10.8. The summed E-state index contributed by atoms with van der Waals surface area (Å²) in [6.07, 6.45) is 0.268. The van der Waals surface area contributed by atoms with Gasteiger partial charge in [-0.15, -0.1) is 0 Å². The first-order chi connectivity index (χ1) is 9.51. The van der Waals surface area contributed by atoms with Crippen LogP contribution in [-0.2, 0) is 6.42 Å². The number of halogens is 4. The van der Waals surface area contributed by atoms with E-state index in [1.165, 1.54) is 18.2 Å². The summed E-state index contributed by atoms with van der Waals surface area (Å²) in [5, 5.41) is 3.03. The maximum absolute atomic E-state index is 13.7. The fourth-order valence-corrected chi connectivity index (χ4v) is 2.70. The molecule has 0 aromatic heterocycles. The van der Waals surface area contributed by atoms with Gasteiger partial charge in [-0.2, -0.15) is 0 Å². The van der Waals surface area contributed by atoms with Crippen molar-refractivity contribution in [1.29, 1.82) is 0 Å². The molecule has 0 aliphatic rings. The lowest BCUT2D eigenvalue weighted by Crippen LogP contribution is -2.20. The van der Waals surface area contributed by atoms with E-state index < -0.39 is 11.6 Å². The van der Waals surface area contributed by atoms with Crippen LogP contribution < -0.4 is 5.32 Å². The van der Waals surface area contributed by atoms with Crippen molar-refractivity contribution in [2.24, 2.45) is 0 Å². The van der Waals surface area contributed by atoms with E-state index in [9.17, 15) is 13.2 Å². The molecule has 106 valence electrons. The minimum absolute atomic E-state index is 0.249. The second-order valence-corrected chi connectivity index (χ2v) is 5.30. The molecular formula is C15H13BrF3N. The smallest absolute Gasteiger partial charge is 0.126 e. The average molecular weight is 344 g/mol. The van der Waals surface area contributed by atoms with Crippen LogP contribution in [0.5, 0.6) is 0 Å². The third-order valence-electron chi connectivity index (χ3n) is 3.12. The molecule has 1 atom stereocenters. The second kappa shape index (κ2) is 6.41. The van der Waals surface area contributed by atoms with Gasteiger partial charge in [0.15, 0.2) is 0 Å². The van der Waals surface area contributed by atoms with E-state index in [-0.39, 0.29) is 23.8 Å². The van der Waals surface area contributed by atoms with Gasteiger partial charge >= 0.3 is 0 Å². The van der Waals surface area contributed by atoms with Crippen molar-refractivity contribution < 1.29 is 13.2 Å². The van der Waals surface area contributed by atoms with E-state index in [2.05, 4.69) is 21.2 Å². The van der Waals surface area contributed by atoms with E-state index in [1.54, 1.807) is 13.1 Å². The molecule has 0 heterocycles. The van der Waals surface area contributed by atoms with Crippen LogP contribution in [0.1, 0.15) is 17.2 Å². The lowest BCUT2D eigenvalue weighted by molar-refractivity contribution is 0.541. The van der Waals surface area contributed by atoms with Gasteiger partial charge in [0.05, 0.1) is 0 Å². The SMILES string of the molecule is CNC(Cc1cc(F)ccc1F)c1ccc(F)cc1Br. The van der Waals surface area contributed by atoms with E-state index in [0.29, 0.717) is 4.47 Å². The number of likely N-dealkylation sites (N-methyl/N-ethyl adjacent to an activating group) is 1. The molecule has 2 aromatic rings. The summed E-state index contributed by atoms with van der Waals surface area (Å²) in [5.74, 6) is -1.29. The fourth-order valence-electron chi connectivity index (χ4n) is 2.07. The quantitative estimate of drug-likeness (QED) is 0.869.